The van der Waals surface area contributed by atoms with Crippen LogP contribution in [0.1, 0.15) is 11.3 Å². The van der Waals surface area contributed by atoms with Gasteiger partial charge in [0.15, 0.2) is 0 Å². The normalized spacial score (nSPS) is 10.5. The maximum absolute atomic E-state index is 12.8. The molecule has 2 amide bonds. The number of nitrogens with one attached hydrogen (secondary N) is 3. The van der Waals surface area contributed by atoms with E-state index in [0.29, 0.717) is 17.9 Å². The van der Waals surface area contributed by atoms with E-state index in [-0.39, 0.29) is 12.2 Å². The van der Waals surface area contributed by atoms with Crippen LogP contribution in [0.15, 0.2) is 59.4 Å². The number of carbonyl (C=O) groups is 2. The van der Waals surface area contributed by atoms with Crippen molar-refractivity contribution in [1.29, 1.82) is 0 Å². The fourth-order valence-electron chi connectivity index (χ4n) is 3.02. The summed E-state index contributed by atoms with van der Waals surface area (Å²) < 4.78 is 3.07. The van der Waals surface area contributed by atoms with Crippen LogP contribution < -0.4 is 21.5 Å². The molecule has 0 fully saturated rings. The third-order valence-corrected chi connectivity index (χ3v) is 4.79. The first-order valence-corrected chi connectivity index (χ1v) is 9.62. The summed E-state index contributed by atoms with van der Waals surface area (Å²) in [6.07, 6.45) is 0. The number of hydrogen-bond donors (Lipinski definition) is 3. The summed E-state index contributed by atoms with van der Waals surface area (Å²) in [4.78, 5) is 37.2. The Bertz CT molecular complexity index is 1100. The molecule has 156 valence electrons. The number of nitrogens with zero attached hydrogens (tertiary/aromatic N) is 2. The molecular formula is C22H25N5O3. The van der Waals surface area contributed by atoms with Crippen LogP contribution in [0, 0.1) is 13.8 Å². The van der Waals surface area contributed by atoms with E-state index in [1.54, 1.807) is 30.8 Å². The molecule has 3 aromatic rings. The van der Waals surface area contributed by atoms with Gasteiger partial charge in [0.2, 0.25) is 0 Å². The van der Waals surface area contributed by atoms with E-state index in [4.69, 9.17) is 0 Å². The SMILES string of the molecule is Cc1ccc(NCCNC(=O)C(=O)Nc2c(C)n(C)n(-c3ccccc3)c2=O)cc1. The predicted molar refractivity (Wildman–Crippen MR) is 117 cm³/mol. The summed E-state index contributed by atoms with van der Waals surface area (Å²) in [5.41, 5.74) is 2.99. The Morgan fingerprint density at radius 1 is 0.900 bits per heavy atom. The first kappa shape index (κ1) is 20.9. The molecule has 8 nitrogen and oxygen atoms in total. The highest BCUT2D eigenvalue weighted by molar-refractivity contribution is 6.39. The molecule has 0 saturated carbocycles. The lowest BCUT2D eigenvalue weighted by Gasteiger charge is -2.08. The van der Waals surface area contributed by atoms with Gasteiger partial charge in [0, 0.05) is 25.8 Å². The van der Waals surface area contributed by atoms with E-state index in [2.05, 4.69) is 16.0 Å². The first-order chi connectivity index (χ1) is 14.4. The van der Waals surface area contributed by atoms with Crippen molar-refractivity contribution in [2.24, 2.45) is 7.05 Å². The molecule has 0 aliphatic carbocycles. The zero-order valence-electron chi connectivity index (χ0n) is 17.2. The van der Waals surface area contributed by atoms with Gasteiger partial charge in [0.25, 0.3) is 5.56 Å². The quantitative estimate of drug-likeness (QED) is 0.430. The molecule has 1 aromatic heterocycles. The minimum absolute atomic E-state index is 0.0827. The molecular weight excluding hydrogens is 382 g/mol. The van der Waals surface area contributed by atoms with E-state index in [1.807, 2.05) is 49.4 Å². The number of benzene rings is 2. The molecule has 3 N–H and O–H groups in total. The number of rotatable bonds is 6. The van der Waals surface area contributed by atoms with Crippen molar-refractivity contribution < 1.29 is 9.59 Å². The van der Waals surface area contributed by atoms with Crippen LogP contribution in [0.5, 0.6) is 0 Å². The van der Waals surface area contributed by atoms with Gasteiger partial charge in [-0.3, -0.25) is 19.1 Å². The second kappa shape index (κ2) is 9.13. The predicted octanol–water partition coefficient (Wildman–Crippen LogP) is 1.96. The van der Waals surface area contributed by atoms with Crippen molar-refractivity contribution in [3.8, 4) is 5.69 Å². The lowest BCUT2D eigenvalue weighted by Crippen LogP contribution is -2.38. The molecule has 8 heteroatoms. The number of anilines is 2. The van der Waals surface area contributed by atoms with Crippen molar-refractivity contribution >= 4 is 23.2 Å². The molecule has 2 aromatic carbocycles. The largest absolute Gasteiger partial charge is 0.383 e. The molecule has 30 heavy (non-hydrogen) atoms. The van der Waals surface area contributed by atoms with Gasteiger partial charge in [0.05, 0.1) is 11.4 Å². The minimum atomic E-state index is -0.878. The molecule has 0 spiro atoms. The highest BCUT2D eigenvalue weighted by Crippen LogP contribution is 2.13. The Morgan fingerprint density at radius 3 is 2.23 bits per heavy atom. The van der Waals surface area contributed by atoms with Gasteiger partial charge < -0.3 is 16.0 Å². The summed E-state index contributed by atoms with van der Waals surface area (Å²) in [7, 11) is 1.72. The topological polar surface area (TPSA) is 97.2 Å². The molecule has 0 aliphatic rings. The zero-order chi connectivity index (χ0) is 21.7. The summed E-state index contributed by atoms with van der Waals surface area (Å²) in [6, 6.07) is 16.9. The van der Waals surface area contributed by atoms with Crippen LogP contribution in [0.2, 0.25) is 0 Å². The summed E-state index contributed by atoms with van der Waals surface area (Å²) in [5, 5.41) is 8.16. The van der Waals surface area contributed by atoms with Crippen molar-refractivity contribution in [3.05, 3.63) is 76.2 Å². The fraction of sp³-hybridized carbons (Fsp3) is 0.227. The molecule has 0 unspecified atom stereocenters. The van der Waals surface area contributed by atoms with Gasteiger partial charge in [-0.15, -0.1) is 0 Å². The van der Waals surface area contributed by atoms with Gasteiger partial charge in [0.1, 0.15) is 5.69 Å². The Labute approximate surface area is 174 Å². The number of aromatic nitrogens is 2. The lowest BCUT2D eigenvalue weighted by molar-refractivity contribution is -0.136. The second-order valence-corrected chi connectivity index (χ2v) is 6.94. The highest BCUT2D eigenvalue weighted by atomic mass is 16.2. The van der Waals surface area contributed by atoms with Gasteiger partial charge in [-0.25, -0.2) is 4.68 Å². The van der Waals surface area contributed by atoms with Crippen molar-refractivity contribution in [2.45, 2.75) is 13.8 Å². The molecule has 0 radical (unpaired) electrons. The first-order valence-electron chi connectivity index (χ1n) is 9.62. The van der Waals surface area contributed by atoms with E-state index < -0.39 is 17.4 Å². The van der Waals surface area contributed by atoms with Crippen LogP contribution in [-0.4, -0.2) is 34.3 Å². The van der Waals surface area contributed by atoms with Gasteiger partial charge in [-0.05, 0) is 38.1 Å². The Kier molecular flexibility index (Phi) is 6.36. The summed E-state index contributed by atoms with van der Waals surface area (Å²) >= 11 is 0. The minimum Gasteiger partial charge on any atom is -0.383 e. The van der Waals surface area contributed by atoms with Gasteiger partial charge in [-0.2, -0.15) is 0 Å². The van der Waals surface area contributed by atoms with Crippen LogP contribution in [-0.2, 0) is 16.6 Å². The monoisotopic (exact) mass is 407 g/mol. The van der Waals surface area contributed by atoms with Crippen LogP contribution in [0.4, 0.5) is 11.4 Å². The van der Waals surface area contributed by atoms with E-state index in [9.17, 15) is 14.4 Å². The van der Waals surface area contributed by atoms with E-state index in [1.165, 1.54) is 4.68 Å². The van der Waals surface area contributed by atoms with E-state index >= 15 is 0 Å². The highest BCUT2D eigenvalue weighted by Gasteiger charge is 2.21. The van der Waals surface area contributed by atoms with E-state index in [0.717, 1.165) is 11.3 Å². The molecule has 0 aliphatic heterocycles. The van der Waals surface area contributed by atoms with Crippen molar-refractivity contribution in [3.63, 3.8) is 0 Å². The smallest absolute Gasteiger partial charge is 0.313 e. The average Bonchev–Trinajstić information content (AvgIpc) is 2.96. The van der Waals surface area contributed by atoms with Crippen LogP contribution in [0.25, 0.3) is 5.69 Å². The Morgan fingerprint density at radius 2 is 1.57 bits per heavy atom. The third kappa shape index (κ3) is 4.60. The molecule has 3 rings (SSSR count). The Balaban J connectivity index is 1.59. The van der Waals surface area contributed by atoms with Crippen LogP contribution >= 0.6 is 0 Å². The number of aryl methyl sites for hydroxylation is 1. The fourth-order valence-corrected chi connectivity index (χ4v) is 3.02. The van der Waals surface area contributed by atoms with Crippen molar-refractivity contribution in [1.82, 2.24) is 14.7 Å². The number of para-hydroxylation sites is 1. The zero-order valence-corrected chi connectivity index (χ0v) is 17.2. The molecule has 0 saturated heterocycles. The molecule has 0 bridgehead atoms. The number of hydrogen-bond acceptors (Lipinski definition) is 4. The standard InChI is InChI=1S/C22H25N5O3/c1-15-9-11-17(12-10-15)23-13-14-24-20(28)21(29)25-19-16(2)26(3)27(22(19)30)18-7-5-4-6-8-18/h4-12,23H,13-14H2,1-3H3,(H,24,28)(H,25,29). The average molecular weight is 407 g/mol. The van der Waals surface area contributed by atoms with Crippen molar-refractivity contribution in [2.75, 3.05) is 23.7 Å². The maximum Gasteiger partial charge on any atom is 0.313 e. The van der Waals surface area contributed by atoms with Gasteiger partial charge >= 0.3 is 11.8 Å². The Hall–Kier alpha value is -3.81. The molecule has 1 heterocycles. The van der Waals surface area contributed by atoms with Crippen LogP contribution in [0.3, 0.4) is 0 Å². The third-order valence-electron chi connectivity index (χ3n) is 4.79. The lowest BCUT2D eigenvalue weighted by atomic mass is 10.2. The summed E-state index contributed by atoms with van der Waals surface area (Å²) in [6.45, 7) is 4.45. The second-order valence-electron chi connectivity index (χ2n) is 6.94. The maximum atomic E-state index is 12.8. The number of carbonyl (C=O) groups excluding carboxylic acids is 2. The van der Waals surface area contributed by atoms with Gasteiger partial charge in [-0.1, -0.05) is 35.9 Å². The molecule has 0 atom stereocenters. The number of amides is 2. The summed E-state index contributed by atoms with van der Waals surface area (Å²) in [5.74, 6) is -1.68.